The normalized spacial score (nSPS) is 13.0. The van der Waals surface area contributed by atoms with E-state index < -0.39 is 11.6 Å². The Morgan fingerprint density at radius 3 is 2.56 bits per heavy atom. The minimum absolute atomic E-state index is 0.0162. The highest BCUT2D eigenvalue weighted by Gasteiger charge is 2.16. The lowest BCUT2D eigenvalue weighted by Crippen LogP contribution is -2.08. The van der Waals surface area contributed by atoms with Crippen molar-refractivity contribution in [3.05, 3.63) is 80.2 Å². The van der Waals surface area contributed by atoms with Gasteiger partial charge in [-0.25, -0.2) is 9.59 Å². The molecule has 0 amide bonds. The van der Waals surface area contributed by atoms with E-state index in [-0.39, 0.29) is 6.61 Å². The highest BCUT2D eigenvalue weighted by molar-refractivity contribution is 6.30. The Hall–Kier alpha value is -2.59. The second-order valence-electron chi connectivity index (χ2n) is 6.14. The first-order valence-corrected chi connectivity index (χ1v) is 8.49. The van der Waals surface area contributed by atoms with Gasteiger partial charge >= 0.3 is 11.6 Å². The molecule has 4 nitrogen and oxygen atoms in total. The van der Waals surface area contributed by atoms with Gasteiger partial charge < -0.3 is 9.15 Å². The topological polar surface area (TPSA) is 56.5 Å². The third-order valence-electron chi connectivity index (χ3n) is 4.48. The van der Waals surface area contributed by atoms with Gasteiger partial charge in [0.1, 0.15) is 12.2 Å². The average Bonchev–Trinajstić information content (AvgIpc) is 3.05. The Labute approximate surface area is 149 Å². The molecule has 1 heterocycles. The third-order valence-corrected chi connectivity index (χ3v) is 4.73. The van der Waals surface area contributed by atoms with Crippen molar-refractivity contribution in [1.82, 2.24) is 0 Å². The predicted molar refractivity (Wildman–Crippen MR) is 95.1 cm³/mol. The van der Waals surface area contributed by atoms with Gasteiger partial charge in [0, 0.05) is 22.0 Å². The van der Waals surface area contributed by atoms with E-state index >= 15 is 0 Å². The predicted octanol–water partition coefficient (Wildman–Crippen LogP) is 4.29. The molecule has 1 aromatic heterocycles. The zero-order chi connectivity index (χ0) is 17.4. The van der Waals surface area contributed by atoms with Crippen molar-refractivity contribution in [3.63, 3.8) is 0 Å². The highest BCUT2D eigenvalue weighted by atomic mass is 35.5. The van der Waals surface area contributed by atoms with Crippen LogP contribution in [-0.2, 0) is 24.2 Å². The van der Waals surface area contributed by atoms with Crippen LogP contribution in [0.2, 0.25) is 5.02 Å². The molecule has 0 N–H and O–H groups in total. The van der Waals surface area contributed by atoms with Crippen molar-refractivity contribution in [1.29, 1.82) is 0 Å². The van der Waals surface area contributed by atoms with Crippen molar-refractivity contribution in [3.8, 4) is 0 Å². The molecule has 0 radical (unpaired) electrons. The Morgan fingerprint density at radius 1 is 1.08 bits per heavy atom. The number of halogens is 1. The van der Waals surface area contributed by atoms with E-state index in [0.29, 0.717) is 21.7 Å². The molecule has 4 rings (SSSR count). The fourth-order valence-electron chi connectivity index (χ4n) is 3.23. The van der Waals surface area contributed by atoms with Crippen LogP contribution in [0.25, 0.3) is 11.0 Å². The SMILES string of the molecule is O=C(OCc1cc(=O)oc2cc3c(cc12)CCC3)c1ccc(Cl)cc1. The van der Waals surface area contributed by atoms with Crippen LogP contribution in [0.3, 0.4) is 0 Å². The van der Waals surface area contributed by atoms with Crippen LogP contribution >= 0.6 is 11.6 Å². The van der Waals surface area contributed by atoms with E-state index in [2.05, 4.69) is 0 Å². The fraction of sp³-hybridized carbons (Fsp3) is 0.200. The number of esters is 1. The van der Waals surface area contributed by atoms with Gasteiger partial charge in [0.2, 0.25) is 0 Å². The van der Waals surface area contributed by atoms with Crippen molar-refractivity contribution < 1.29 is 13.9 Å². The quantitative estimate of drug-likeness (QED) is 0.520. The molecule has 0 fully saturated rings. The van der Waals surface area contributed by atoms with Crippen LogP contribution in [0.4, 0.5) is 0 Å². The molecule has 0 atom stereocenters. The molecule has 126 valence electrons. The monoisotopic (exact) mass is 354 g/mol. The molecule has 1 aliphatic rings. The summed E-state index contributed by atoms with van der Waals surface area (Å²) < 4.78 is 10.7. The lowest BCUT2D eigenvalue weighted by atomic mass is 10.0. The van der Waals surface area contributed by atoms with Gasteiger partial charge in [0.15, 0.2) is 0 Å². The maximum atomic E-state index is 12.2. The molecule has 25 heavy (non-hydrogen) atoms. The number of rotatable bonds is 3. The van der Waals surface area contributed by atoms with E-state index in [1.54, 1.807) is 24.3 Å². The third kappa shape index (κ3) is 3.17. The summed E-state index contributed by atoms with van der Waals surface area (Å²) in [5.74, 6) is -0.459. The molecule has 5 heteroatoms. The zero-order valence-electron chi connectivity index (χ0n) is 13.4. The first-order chi connectivity index (χ1) is 12.1. The number of hydrogen-bond donors (Lipinski definition) is 0. The van der Waals surface area contributed by atoms with Crippen LogP contribution in [0, 0.1) is 0 Å². The first kappa shape index (κ1) is 15.9. The number of benzene rings is 2. The van der Waals surface area contributed by atoms with Gasteiger partial charge in [-0.3, -0.25) is 0 Å². The van der Waals surface area contributed by atoms with Gasteiger partial charge in [-0.15, -0.1) is 0 Å². The molecular weight excluding hydrogens is 340 g/mol. The van der Waals surface area contributed by atoms with Crippen LogP contribution in [0.5, 0.6) is 0 Å². The van der Waals surface area contributed by atoms with Gasteiger partial charge in [-0.2, -0.15) is 0 Å². The summed E-state index contributed by atoms with van der Waals surface area (Å²) >= 11 is 5.82. The van der Waals surface area contributed by atoms with Crippen LogP contribution in [-0.4, -0.2) is 5.97 Å². The molecule has 0 saturated carbocycles. The fourth-order valence-corrected chi connectivity index (χ4v) is 3.35. The summed E-state index contributed by atoms with van der Waals surface area (Å²) in [7, 11) is 0. The van der Waals surface area contributed by atoms with E-state index in [1.807, 2.05) is 12.1 Å². The first-order valence-electron chi connectivity index (χ1n) is 8.11. The molecule has 0 aliphatic heterocycles. The summed E-state index contributed by atoms with van der Waals surface area (Å²) in [5.41, 5.74) is 3.67. The van der Waals surface area contributed by atoms with Gasteiger partial charge in [-0.1, -0.05) is 11.6 Å². The number of aryl methyl sites for hydroxylation is 2. The highest BCUT2D eigenvalue weighted by Crippen LogP contribution is 2.28. The Kier molecular flexibility index (Phi) is 4.06. The van der Waals surface area contributed by atoms with Crippen molar-refractivity contribution in [2.45, 2.75) is 25.9 Å². The molecule has 0 spiro atoms. The van der Waals surface area contributed by atoms with Gasteiger partial charge in [0.25, 0.3) is 0 Å². The minimum Gasteiger partial charge on any atom is -0.457 e. The van der Waals surface area contributed by atoms with Crippen molar-refractivity contribution >= 4 is 28.5 Å². The van der Waals surface area contributed by atoms with Crippen LogP contribution in [0.1, 0.15) is 33.5 Å². The standard InChI is InChI=1S/C20H15ClO4/c21-16-6-4-12(5-7-16)20(23)24-11-15-10-19(22)25-18-9-14-3-1-2-13(14)8-17(15)18/h4-10H,1-3,11H2. The van der Waals surface area contributed by atoms with E-state index in [9.17, 15) is 9.59 Å². The van der Waals surface area contributed by atoms with Crippen LogP contribution < -0.4 is 5.63 Å². The molecule has 0 bridgehead atoms. The summed E-state index contributed by atoms with van der Waals surface area (Å²) in [6, 6.07) is 11.8. The Balaban J connectivity index is 1.63. The summed E-state index contributed by atoms with van der Waals surface area (Å²) in [4.78, 5) is 24.0. The number of carbonyl (C=O) groups is 1. The van der Waals surface area contributed by atoms with Gasteiger partial charge in [-0.05, 0) is 66.8 Å². The summed E-state index contributed by atoms with van der Waals surface area (Å²) in [5, 5.41) is 1.38. The van der Waals surface area contributed by atoms with E-state index in [1.165, 1.54) is 17.2 Å². The zero-order valence-corrected chi connectivity index (χ0v) is 14.1. The van der Waals surface area contributed by atoms with E-state index in [0.717, 1.165) is 24.6 Å². The lowest BCUT2D eigenvalue weighted by molar-refractivity contribution is 0.0474. The Bertz CT molecular complexity index is 1020. The second-order valence-corrected chi connectivity index (χ2v) is 6.58. The molecular formula is C20H15ClO4. The maximum Gasteiger partial charge on any atom is 0.338 e. The number of fused-ring (bicyclic) bond motifs is 2. The molecule has 1 aliphatic carbocycles. The smallest absolute Gasteiger partial charge is 0.338 e. The summed E-state index contributed by atoms with van der Waals surface area (Å²) in [6.45, 7) is 0.0162. The van der Waals surface area contributed by atoms with Gasteiger partial charge in [0.05, 0.1) is 5.56 Å². The lowest BCUT2D eigenvalue weighted by Gasteiger charge is -2.09. The number of hydrogen-bond acceptors (Lipinski definition) is 4. The molecule has 0 unspecified atom stereocenters. The van der Waals surface area contributed by atoms with Crippen molar-refractivity contribution in [2.75, 3.05) is 0 Å². The molecule has 0 saturated heterocycles. The van der Waals surface area contributed by atoms with Crippen LogP contribution in [0.15, 0.2) is 51.7 Å². The second kappa shape index (κ2) is 6.37. The summed E-state index contributed by atoms with van der Waals surface area (Å²) in [6.07, 6.45) is 3.13. The van der Waals surface area contributed by atoms with Crippen molar-refractivity contribution in [2.24, 2.45) is 0 Å². The minimum atomic E-state index is -0.459. The number of carbonyl (C=O) groups excluding carboxylic acids is 1. The maximum absolute atomic E-state index is 12.2. The Morgan fingerprint density at radius 2 is 1.80 bits per heavy atom. The number of ether oxygens (including phenoxy) is 1. The van der Waals surface area contributed by atoms with E-state index in [4.69, 9.17) is 20.8 Å². The molecule has 2 aromatic carbocycles. The average molecular weight is 355 g/mol. The molecule has 3 aromatic rings. The largest absolute Gasteiger partial charge is 0.457 e.